The molecule has 3 aromatic rings. The molecular formula is C26H29N3O4. The maximum absolute atomic E-state index is 13.1. The fourth-order valence-electron chi connectivity index (χ4n) is 4.12. The fraction of sp³-hybridized carbons (Fsp3) is 0.346. The summed E-state index contributed by atoms with van der Waals surface area (Å²) < 4.78 is 12.7. The van der Waals surface area contributed by atoms with Gasteiger partial charge in [-0.1, -0.05) is 18.2 Å². The van der Waals surface area contributed by atoms with E-state index in [9.17, 15) is 9.59 Å². The number of carbonyl (C=O) groups is 2. The third-order valence-electron chi connectivity index (χ3n) is 5.90. The highest BCUT2D eigenvalue weighted by Crippen LogP contribution is 2.22. The standard InChI is InChI=1S/C26H29N3O4/c1-3-32-26(31)24-16-27-29(19(24)2)22-13-11-21(12-14-22)25(30)28-15-7-8-20(17-28)18-33-23-9-5-4-6-10-23/h4-6,9-14,16,20H,3,7-8,15,17-18H2,1-2H3. The normalized spacial score (nSPS) is 15.8. The van der Waals surface area contributed by atoms with Crippen LogP contribution in [0.4, 0.5) is 0 Å². The summed E-state index contributed by atoms with van der Waals surface area (Å²) in [6.07, 6.45) is 3.53. The summed E-state index contributed by atoms with van der Waals surface area (Å²) in [5.74, 6) is 0.811. The first-order valence-electron chi connectivity index (χ1n) is 11.4. The van der Waals surface area contributed by atoms with E-state index in [1.807, 2.05) is 66.4 Å². The van der Waals surface area contributed by atoms with Gasteiger partial charge in [-0.25, -0.2) is 9.48 Å². The summed E-state index contributed by atoms with van der Waals surface area (Å²) in [6.45, 7) is 5.96. The zero-order valence-electron chi connectivity index (χ0n) is 19.1. The molecule has 0 N–H and O–H groups in total. The fourth-order valence-corrected chi connectivity index (χ4v) is 4.12. The van der Waals surface area contributed by atoms with Crippen LogP contribution in [0.1, 0.15) is 46.2 Å². The summed E-state index contributed by atoms with van der Waals surface area (Å²) in [7, 11) is 0. The Labute approximate surface area is 193 Å². The lowest BCUT2D eigenvalue weighted by Gasteiger charge is -2.32. The summed E-state index contributed by atoms with van der Waals surface area (Å²) >= 11 is 0. The highest BCUT2D eigenvalue weighted by atomic mass is 16.5. The largest absolute Gasteiger partial charge is 0.493 e. The molecule has 1 fully saturated rings. The number of ether oxygens (including phenoxy) is 2. The van der Waals surface area contributed by atoms with Crippen molar-refractivity contribution in [2.45, 2.75) is 26.7 Å². The van der Waals surface area contributed by atoms with E-state index in [4.69, 9.17) is 9.47 Å². The molecule has 172 valence electrons. The van der Waals surface area contributed by atoms with E-state index in [1.165, 1.54) is 6.20 Å². The molecule has 1 unspecified atom stereocenters. The number of nitrogens with zero attached hydrogens (tertiary/aromatic N) is 3. The molecule has 1 atom stereocenters. The average molecular weight is 448 g/mol. The Hall–Kier alpha value is -3.61. The second kappa shape index (κ2) is 10.3. The molecule has 0 saturated carbocycles. The quantitative estimate of drug-likeness (QED) is 0.505. The van der Waals surface area contributed by atoms with Crippen LogP contribution in [0.15, 0.2) is 60.8 Å². The van der Waals surface area contributed by atoms with Crippen molar-refractivity contribution in [1.29, 1.82) is 0 Å². The molecule has 1 amide bonds. The second-order valence-electron chi connectivity index (χ2n) is 8.21. The SMILES string of the molecule is CCOC(=O)c1cnn(-c2ccc(C(=O)N3CCCC(COc4ccccc4)C3)cc2)c1C. The van der Waals surface area contributed by atoms with E-state index in [-0.39, 0.29) is 11.9 Å². The Balaban J connectivity index is 1.39. The van der Waals surface area contributed by atoms with E-state index in [0.29, 0.717) is 42.5 Å². The lowest BCUT2D eigenvalue weighted by molar-refractivity contribution is 0.0525. The molecule has 2 aromatic carbocycles. The second-order valence-corrected chi connectivity index (χ2v) is 8.21. The molecule has 1 aliphatic heterocycles. The van der Waals surface area contributed by atoms with Gasteiger partial charge < -0.3 is 14.4 Å². The molecule has 0 aliphatic carbocycles. The van der Waals surface area contributed by atoms with Crippen LogP contribution >= 0.6 is 0 Å². The Morgan fingerprint density at radius 2 is 1.85 bits per heavy atom. The van der Waals surface area contributed by atoms with E-state index < -0.39 is 0 Å². The first kappa shape index (κ1) is 22.6. The molecule has 7 heteroatoms. The summed E-state index contributed by atoms with van der Waals surface area (Å²) in [4.78, 5) is 27.1. The van der Waals surface area contributed by atoms with Crippen molar-refractivity contribution in [3.05, 3.63) is 77.6 Å². The Morgan fingerprint density at radius 3 is 2.58 bits per heavy atom. The molecule has 1 aromatic heterocycles. The Bertz CT molecular complexity index is 1090. The number of hydrogen-bond donors (Lipinski definition) is 0. The molecule has 0 spiro atoms. The third-order valence-corrected chi connectivity index (χ3v) is 5.90. The number of rotatable bonds is 7. The number of likely N-dealkylation sites (tertiary alicyclic amines) is 1. The molecule has 2 heterocycles. The van der Waals surface area contributed by atoms with Crippen molar-refractivity contribution in [2.24, 2.45) is 5.92 Å². The number of para-hydroxylation sites is 1. The van der Waals surface area contributed by atoms with E-state index in [2.05, 4.69) is 5.10 Å². The van der Waals surface area contributed by atoms with Gasteiger partial charge >= 0.3 is 5.97 Å². The first-order chi connectivity index (χ1) is 16.1. The van der Waals surface area contributed by atoms with Gasteiger partial charge in [-0.2, -0.15) is 5.10 Å². The number of piperidine rings is 1. The van der Waals surface area contributed by atoms with Crippen molar-refractivity contribution in [1.82, 2.24) is 14.7 Å². The van der Waals surface area contributed by atoms with Crippen molar-refractivity contribution in [2.75, 3.05) is 26.3 Å². The van der Waals surface area contributed by atoms with Gasteiger partial charge in [0.2, 0.25) is 0 Å². The van der Waals surface area contributed by atoms with Crippen LogP contribution in [0.3, 0.4) is 0 Å². The monoisotopic (exact) mass is 447 g/mol. The summed E-state index contributed by atoms with van der Waals surface area (Å²) in [5, 5.41) is 4.32. The number of amides is 1. The number of esters is 1. The van der Waals surface area contributed by atoms with Crippen LogP contribution in [0.25, 0.3) is 5.69 Å². The maximum atomic E-state index is 13.1. The van der Waals surface area contributed by atoms with Crippen LogP contribution < -0.4 is 4.74 Å². The minimum atomic E-state index is -0.385. The van der Waals surface area contributed by atoms with Gasteiger partial charge in [0.25, 0.3) is 5.91 Å². The smallest absolute Gasteiger partial charge is 0.341 e. The highest BCUT2D eigenvalue weighted by Gasteiger charge is 2.25. The average Bonchev–Trinajstić information content (AvgIpc) is 3.24. The molecule has 33 heavy (non-hydrogen) atoms. The summed E-state index contributed by atoms with van der Waals surface area (Å²) in [6, 6.07) is 17.1. The Morgan fingerprint density at radius 1 is 1.09 bits per heavy atom. The third kappa shape index (κ3) is 5.25. The van der Waals surface area contributed by atoms with Crippen molar-refractivity contribution < 1.29 is 19.1 Å². The molecular weight excluding hydrogens is 418 g/mol. The Kier molecular flexibility index (Phi) is 7.07. The van der Waals surface area contributed by atoms with Crippen LogP contribution in [0.5, 0.6) is 5.75 Å². The van der Waals surface area contributed by atoms with Gasteiger partial charge in [-0.05, 0) is 63.1 Å². The summed E-state index contributed by atoms with van der Waals surface area (Å²) in [5.41, 5.74) is 2.56. The first-order valence-corrected chi connectivity index (χ1v) is 11.4. The number of hydrogen-bond acceptors (Lipinski definition) is 5. The number of aromatic nitrogens is 2. The van der Waals surface area contributed by atoms with Crippen LogP contribution in [-0.4, -0.2) is 52.9 Å². The molecule has 0 radical (unpaired) electrons. The highest BCUT2D eigenvalue weighted by molar-refractivity contribution is 5.94. The topological polar surface area (TPSA) is 73.7 Å². The van der Waals surface area contributed by atoms with Crippen molar-refractivity contribution in [3.63, 3.8) is 0 Å². The van der Waals surface area contributed by atoms with Gasteiger partial charge in [0.1, 0.15) is 11.3 Å². The van der Waals surface area contributed by atoms with Crippen molar-refractivity contribution >= 4 is 11.9 Å². The molecule has 7 nitrogen and oxygen atoms in total. The number of carbonyl (C=O) groups excluding carboxylic acids is 2. The van der Waals surface area contributed by atoms with Crippen LogP contribution in [-0.2, 0) is 4.74 Å². The van der Waals surface area contributed by atoms with Gasteiger partial charge in [0, 0.05) is 24.6 Å². The van der Waals surface area contributed by atoms with E-state index in [1.54, 1.807) is 11.6 Å². The lowest BCUT2D eigenvalue weighted by Crippen LogP contribution is -2.41. The minimum absolute atomic E-state index is 0.0235. The number of benzene rings is 2. The van der Waals surface area contributed by atoms with Gasteiger partial charge in [-0.3, -0.25) is 4.79 Å². The van der Waals surface area contributed by atoms with Crippen molar-refractivity contribution in [3.8, 4) is 11.4 Å². The maximum Gasteiger partial charge on any atom is 0.341 e. The lowest BCUT2D eigenvalue weighted by atomic mass is 9.98. The zero-order valence-corrected chi connectivity index (χ0v) is 19.1. The van der Waals surface area contributed by atoms with Gasteiger partial charge in [0.15, 0.2) is 0 Å². The molecule has 1 aliphatic rings. The zero-order chi connectivity index (χ0) is 23.2. The predicted molar refractivity (Wildman–Crippen MR) is 125 cm³/mol. The van der Waals surface area contributed by atoms with E-state index in [0.717, 1.165) is 30.8 Å². The predicted octanol–water partition coefficient (Wildman–Crippen LogP) is 4.29. The van der Waals surface area contributed by atoms with Gasteiger partial charge in [-0.15, -0.1) is 0 Å². The van der Waals surface area contributed by atoms with E-state index >= 15 is 0 Å². The minimum Gasteiger partial charge on any atom is -0.493 e. The molecule has 4 rings (SSSR count). The van der Waals surface area contributed by atoms with Crippen LogP contribution in [0.2, 0.25) is 0 Å². The van der Waals surface area contributed by atoms with Gasteiger partial charge in [0.05, 0.1) is 30.8 Å². The van der Waals surface area contributed by atoms with Crippen LogP contribution in [0, 0.1) is 12.8 Å². The molecule has 1 saturated heterocycles. The molecule has 0 bridgehead atoms.